The van der Waals surface area contributed by atoms with Gasteiger partial charge in [0.1, 0.15) is 0 Å². The molecule has 1 aromatic rings. The molecule has 0 amide bonds. The van der Waals surface area contributed by atoms with Gasteiger partial charge >= 0.3 is 0 Å². The van der Waals surface area contributed by atoms with Crippen molar-refractivity contribution in [3.8, 4) is 0 Å². The lowest BCUT2D eigenvalue weighted by Crippen LogP contribution is -2.20. The summed E-state index contributed by atoms with van der Waals surface area (Å²) in [4.78, 5) is 0. The van der Waals surface area contributed by atoms with Crippen molar-refractivity contribution in [2.75, 3.05) is 0 Å². The molecular weight excluding hydrogens is 232 g/mol. The highest BCUT2D eigenvalue weighted by molar-refractivity contribution is 5.18. The van der Waals surface area contributed by atoms with Crippen LogP contribution in [0.15, 0.2) is 30.3 Å². The van der Waals surface area contributed by atoms with Crippen molar-refractivity contribution in [2.45, 2.75) is 57.5 Å². The molecule has 5 unspecified atom stereocenters. The van der Waals surface area contributed by atoms with Gasteiger partial charge in [-0.25, -0.2) is 0 Å². The van der Waals surface area contributed by atoms with Gasteiger partial charge in [0.15, 0.2) is 0 Å². The van der Waals surface area contributed by atoms with E-state index in [1.807, 2.05) is 0 Å². The first-order valence-corrected chi connectivity index (χ1v) is 7.95. The molecule has 1 heteroatoms. The zero-order valence-electron chi connectivity index (χ0n) is 12.0. The topological polar surface area (TPSA) is 20.2 Å². The average molecular weight is 258 g/mol. The lowest BCUT2D eigenvalue weighted by atomic mass is 9.82. The zero-order chi connectivity index (χ0) is 13.2. The summed E-state index contributed by atoms with van der Waals surface area (Å²) >= 11 is 0. The van der Waals surface area contributed by atoms with Gasteiger partial charge in [0.2, 0.25) is 0 Å². The summed E-state index contributed by atoms with van der Waals surface area (Å²) in [5.74, 6) is 3.21. The van der Waals surface area contributed by atoms with Crippen LogP contribution in [0.1, 0.15) is 56.9 Å². The maximum absolute atomic E-state index is 10.4. The van der Waals surface area contributed by atoms with Crippen LogP contribution in [-0.4, -0.2) is 11.2 Å². The molecule has 5 atom stereocenters. The molecule has 0 heterocycles. The van der Waals surface area contributed by atoms with E-state index in [9.17, 15) is 5.11 Å². The second kappa shape index (κ2) is 5.66. The normalized spacial score (nSPS) is 32.4. The average Bonchev–Trinajstić information content (AvgIpc) is 3.02. The Morgan fingerprint density at radius 1 is 1.16 bits per heavy atom. The third kappa shape index (κ3) is 3.02. The summed E-state index contributed by atoms with van der Waals surface area (Å²) in [5.41, 5.74) is 1.36. The molecule has 0 spiro atoms. The zero-order valence-corrected chi connectivity index (χ0v) is 12.0. The summed E-state index contributed by atoms with van der Waals surface area (Å²) < 4.78 is 0. The first kappa shape index (κ1) is 13.2. The second-order valence-corrected chi connectivity index (χ2v) is 6.87. The molecule has 0 aromatic heterocycles. The largest absolute Gasteiger partial charge is 0.393 e. The Morgan fingerprint density at radius 2 is 1.95 bits per heavy atom. The summed E-state index contributed by atoms with van der Waals surface area (Å²) in [6.45, 7) is 2.24. The number of fused-ring (bicyclic) bond motifs is 2. The standard InChI is InChI=1S/C18H26O/c1-13(15-5-3-2-4-6-15)9-18(19)12-17-11-14-7-8-16(17)10-14/h2-6,13-14,16-19H,7-12H2,1H3. The lowest BCUT2D eigenvalue weighted by molar-refractivity contribution is 0.111. The maximum atomic E-state index is 10.4. The van der Waals surface area contributed by atoms with Gasteiger partial charge in [-0.2, -0.15) is 0 Å². The molecule has 2 aliphatic carbocycles. The van der Waals surface area contributed by atoms with E-state index in [1.54, 1.807) is 0 Å². The van der Waals surface area contributed by atoms with Crippen molar-refractivity contribution in [3.63, 3.8) is 0 Å². The Bertz CT molecular complexity index is 399. The van der Waals surface area contributed by atoms with E-state index in [2.05, 4.69) is 37.3 Å². The van der Waals surface area contributed by atoms with Gasteiger partial charge in [-0.3, -0.25) is 0 Å². The number of rotatable bonds is 5. The van der Waals surface area contributed by atoms with Crippen LogP contribution in [0.5, 0.6) is 0 Å². The van der Waals surface area contributed by atoms with Crippen molar-refractivity contribution < 1.29 is 5.11 Å². The SMILES string of the molecule is CC(CC(O)CC1CC2CCC1C2)c1ccccc1. The van der Waals surface area contributed by atoms with Crippen LogP contribution < -0.4 is 0 Å². The monoisotopic (exact) mass is 258 g/mol. The Kier molecular flexibility index (Phi) is 3.93. The molecule has 2 saturated carbocycles. The fraction of sp³-hybridized carbons (Fsp3) is 0.667. The van der Waals surface area contributed by atoms with Gasteiger partial charge in [0.25, 0.3) is 0 Å². The van der Waals surface area contributed by atoms with E-state index in [0.29, 0.717) is 5.92 Å². The summed E-state index contributed by atoms with van der Waals surface area (Å²) in [6, 6.07) is 10.6. The van der Waals surface area contributed by atoms with E-state index < -0.39 is 0 Å². The van der Waals surface area contributed by atoms with Gasteiger partial charge in [0.05, 0.1) is 6.10 Å². The Labute approximate surface area is 117 Å². The van der Waals surface area contributed by atoms with Gasteiger partial charge in [-0.1, -0.05) is 43.7 Å². The van der Waals surface area contributed by atoms with Crippen LogP contribution >= 0.6 is 0 Å². The molecule has 3 rings (SSSR count). The highest BCUT2D eigenvalue weighted by Gasteiger charge is 2.39. The molecule has 1 nitrogen and oxygen atoms in total. The van der Waals surface area contributed by atoms with Crippen LogP contribution in [0.4, 0.5) is 0 Å². The van der Waals surface area contributed by atoms with Gasteiger partial charge in [-0.05, 0) is 61.3 Å². The maximum Gasteiger partial charge on any atom is 0.0548 e. The molecule has 1 aromatic carbocycles. The quantitative estimate of drug-likeness (QED) is 0.831. The van der Waals surface area contributed by atoms with Gasteiger partial charge < -0.3 is 5.11 Å². The number of aliphatic hydroxyl groups excluding tert-OH is 1. The molecule has 0 saturated heterocycles. The molecular formula is C18H26O. The third-order valence-electron chi connectivity index (χ3n) is 5.45. The van der Waals surface area contributed by atoms with Crippen molar-refractivity contribution in [2.24, 2.45) is 17.8 Å². The van der Waals surface area contributed by atoms with E-state index >= 15 is 0 Å². The lowest BCUT2D eigenvalue weighted by Gasteiger charge is -2.25. The second-order valence-electron chi connectivity index (χ2n) is 6.87. The molecule has 2 aliphatic rings. The molecule has 2 bridgehead atoms. The Morgan fingerprint density at radius 3 is 2.58 bits per heavy atom. The third-order valence-corrected chi connectivity index (χ3v) is 5.45. The van der Waals surface area contributed by atoms with Crippen LogP contribution in [0, 0.1) is 17.8 Å². The van der Waals surface area contributed by atoms with Crippen LogP contribution in [0.3, 0.4) is 0 Å². The molecule has 0 radical (unpaired) electrons. The van der Waals surface area contributed by atoms with Crippen molar-refractivity contribution in [1.82, 2.24) is 0 Å². The molecule has 0 aliphatic heterocycles. The Balaban J connectivity index is 1.50. The minimum Gasteiger partial charge on any atom is -0.393 e. The molecule has 19 heavy (non-hydrogen) atoms. The molecule has 2 fully saturated rings. The highest BCUT2D eigenvalue weighted by atomic mass is 16.3. The minimum atomic E-state index is -0.112. The minimum absolute atomic E-state index is 0.112. The van der Waals surface area contributed by atoms with Crippen LogP contribution in [0.2, 0.25) is 0 Å². The van der Waals surface area contributed by atoms with Gasteiger partial charge in [0, 0.05) is 0 Å². The van der Waals surface area contributed by atoms with Crippen LogP contribution in [-0.2, 0) is 0 Å². The van der Waals surface area contributed by atoms with Crippen LogP contribution in [0.25, 0.3) is 0 Å². The number of aliphatic hydroxyl groups is 1. The summed E-state index contributed by atoms with van der Waals surface area (Å²) in [6.07, 6.45) is 7.57. The predicted molar refractivity (Wildman–Crippen MR) is 79.0 cm³/mol. The van der Waals surface area contributed by atoms with Gasteiger partial charge in [-0.15, -0.1) is 0 Å². The van der Waals surface area contributed by atoms with Crippen molar-refractivity contribution in [1.29, 1.82) is 0 Å². The van der Waals surface area contributed by atoms with E-state index in [1.165, 1.54) is 31.2 Å². The van der Waals surface area contributed by atoms with Crippen molar-refractivity contribution >= 4 is 0 Å². The van der Waals surface area contributed by atoms with Crippen molar-refractivity contribution in [3.05, 3.63) is 35.9 Å². The fourth-order valence-electron chi connectivity index (χ4n) is 4.44. The fourth-order valence-corrected chi connectivity index (χ4v) is 4.44. The predicted octanol–water partition coefficient (Wildman–Crippen LogP) is 4.37. The number of benzene rings is 1. The summed E-state index contributed by atoms with van der Waals surface area (Å²) in [5, 5.41) is 10.4. The smallest absolute Gasteiger partial charge is 0.0548 e. The van der Waals surface area contributed by atoms with E-state index in [0.717, 1.165) is 30.6 Å². The number of hydrogen-bond donors (Lipinski definition) is 1. The summed E-state index contributed by atoms with van der Waals surface area (Å²) in [7, 11) is 0. The first-order chi connectivity index (χ1) is 9.22. The van der Waals surface area contributed by atoms with E-state index in [-0.39, 0.29) is 6.10 Å². The molecule has 1 N–H and O–H groups in total. The molecule has 104 valence electrons. The first-order valence-electron chi connectivity index (χ1n) is 7.95. The van der Waals surface area contributed by atoms with E-state index in [4.69, 9.17) is 0 Å². The number of hydrogen-bond acceptors (Lipinski definition) is 1. The highest BCUT2D eigenvalue weighted by Crippen LogP contribution is 2.50. The Hall–Kier alpha value is -0.820.